The molecular weight excluding hydrogens is 514 g/mol. The quantitative estimate of drug-likeness (QED) is 0.204. The number of rotatable bonds is 5. The molecule has 1 atom stereocenters. The highest BCUT2D eigenvalue weighted by atomic mass is 16.6. The molecule has 1 saturated heterocycles. The summed E-state index contributed by atoms with van der Waals surface area (Å²) in [4.78, 5) is 24.1. The number of hydrogen-bond donors (Lipinski definition) is 0. The van der Waals surface area contributed by atoms with Crippen LogP contribution < -0.4 is 0 Å². The van der Waals surface area contributed by atoms with Gasteiger partial charge in [0, 0.05) is 41.3 Å². The molecule has 5 aromatic rings. The van der Waals surface area contributed by atoms with E-state index in [0.29, 0.717) is 29.9 Å². The maximum atomic E-state index is 12.7. The van der Waals surface area contributed by atoms with Crippen LogP contribution in [-0.4, -0.2) is 52.6 Å². The van der Waals surface area contributed by atoms with Crippen LogP contribution in [0.3, 0.4) is 0 Å². The van der Waals surface area contributed by atoms with Gasteiger partial charge in [-0.05, 0) is 57.7 Å². The van der Waals surface area contributed by atoms with Crippen molar-refractivity contribution < 1.29 is 19.2 Å². The van der Waals surface area contributed by atoms with Gasteiger partial charge in [0.2, 0.25) is 0 Å². The molecule has 1 aliphatic heterocycles. The molecule has 6 rings (SSSR count). The van der Waals surface area contributed by atoms with Crippen molar-refractivity contribution in [3.05, 3.63) is 70.7 Å². The molecule has 0 saturated carbocycles. The van der Waals surface area contributed by atoms with E-state index in [1.165, 1.54) is 16.7 Å². The number of nitro groups is 1. The molecule has 3 aromatic heterocycles. The van der Waals surface area contributed by atoms with E-state index in [1.54, 1.807) is 28.0 Å². The Labute approximate surface area is 229 Å². The zero-order valence-corrected chi connectivity index (χ0v) is 22.5. The lowest BCUT2D eigenvalue weighted by atomic mass is 10.1. The van der Waals surface area contributed by atoms with E-state index in [2.05, 4.69) is 15.4 Å². The number of benzene rings is 2. The van der Waals surface area contributed by atoms with Gasteiger partial charge in [0.05, 0.1) is 34.9 Å². The van der Waals surface area contributed by atoms with Crippen LogP contribution in [0.25, 0.3) is 33.1 Å². The topological polar surface area (TPSA) is 132 Å². The first-order valence-electron chi connectivity index (χ1n) is 13.2. The molecule has 1 fully saturated rings. The molecule has 0 spiro atoms. The van der Waals surface area contributed by atoms with E-state index in [9.17, 15) is 14.9 Å². The summed E-state index contributed by atoms with van der Waals surface area (Å²) in [6.45, 7) is 6.50. The fraction of sp³-hybridized carbons (Fsp3) is 0.357. The van der Waals surface area contributed by atoms with Gasteiger partial charge < -0.3 is 9.47 Å². The molecule has 4 heterocycles. The lowest BCUT2D eigenvalue weighted by molar-refractivity contribution is -0.384. The Balaban J connectivity index is 1.32. The van der Waals surface area contributed by atoms with Gasteiger partial charge in [-0.15, -0.1) is 5.10 Å². The van der Waals surface area contributed by atoms with Crippen LogP contribution in [0.4, 0.5) is 10.5 Å². The van der Waals surface area contributed by atoms with E-state index in [0.717, 1.165) is 41.1 Å². The van der Waals surface area contributed by atoms with Gasteiger partial charge in [-0.1, -0.05) is 17.3 Å². The van der Waals surface area contributed by atoms with Gasteiger partial charge >= 0.3 is 6.09 Å². The van der Waals surface area contributed by atoms with Crippen LogP contribution in [0.5, 0.6) is 0 Å². The number of aromatic nitrogens is 6. The number of nitro benzene ring substituents is 1. The van der Waals surface area contributed by atoms with Gasteiger partial charge in [0.25, 0.3) is 5.69 Å². The second-order valence-corrected chi connectivity index (χ2v) is 11.0. The van der Waals surface area contributed by atoms with Gasteiger partial charge in [0.15, 0.2) is 6.23 Å². The third kappa shape index (κ3) is 4.93. The number of fused-ring (bicyclic) bond motifs is 2. The minimum Gasteiger partial charge on any atom is -0.443 e. The van der Waals surface area contributed by atoms with Crippen molar-refractivity contribution >= 4 is 33.6 Å². The number of carbonyl (C=O) groups excluding carboxylic acids is 1. The Bertz CT molecular complexity index is 1740. The summed E-state index contributed by atoms with van der Waals surface area (Å²) < 4.78 is 16.3. The average molecular weight is 544 g/mol. The Kier molecular flexibility index (Phi) is 6.34. The molecule has 0 amide bonds. The van der Waals surface area contributed by atoms with E-state index < -0.39 is 16.6 Å². The molecule has 12 heteroatoms. The molecule has 1 unspecified atom stereocenters. The summed E-state index contributed by atoms with van der Waals surface area (Å²) in [5, 5.41) is 26.6. The van der Waals surface area contributed by atoms with E-state index >= 15 is 0 Å². The van der Waals surface area contributed by atoms with Crippen LogP contribution in [0, 0.1) is 10.1 Å². The van der Waals surface area contributed by atoms with Crippen molar-refractivity contribution in [1.29, 1.82) is 0 Å². The zero-order valence-electron chi connectivity index (χ0n) is 22.5. The second kappa shape index (κ2) is 9.87. The summed E-state index contributed by atoms with van der Waals surface area (Å²) in [6, 6.07) is 10.7. The third-order valence-electron chi connectivity index (χ3n) is 6.85. The molecule has 0 radical (unpaired) electrons. The maximum absolute atomic E-state index is 12.7. The predicted molar refractivity (Wildman–Crippen MR) is 147 cm³/mol. The van der Waals surface area contributed by atoms with Crippen LogP contribution >= 0.6 is 0 Å². The van der Waals surface area contributed by atoms with Crippen LogP contribution in [0.1, 0.15) is 51.8 Å². The molecule has 0 aliphatic carbocycles. The maximum Gasteiger partial charge on any atom is 0.418 e. The summed E-state index contributed by atoms with van der Waals surface area (Å²) in [7, 11) is 0. The number of non-ortho nitro benzene ring substituents is 1. The molecule has 0 N–H and O–H groups in total. The lowest BCUT2D eigenvalue weighted by Crippen LogP contribution is -2.26. The molecule has 0 bridgehead atoms. The van der Waals surface area contributed by atoms with Gasteiger partial charge in [0.1, 0.15) is 11.3 Å². The molecule has 1 aliphatic rings. The van der Waals surface area contributed by atoms with Crippen molar-refractivity contribution in [2.45, 2.75) is 58.4 Å². The monoisotopic (exact) mass is 543 g/mol. The SMILES string of the molecule is CC(C)(C)OC(=O)n1ccc2ccc(Cn3cc(-c4cc([N+](=O)[O-])cc5c4cnn5C4CCCCO4)nn3)cc21. The molecule has 12 nitrogen and oxygen atoms in total. The number of hydrogen-bond acceptors (Lipinski definition) is 8. The summed E-state index contributed by atoms with van der Waals surface area (Å²) in [6.07, 6.45) is 7.24. The Morgan fingerprint density at radius 2 is 2.02 bits per heavy atom. The fourth-order valence-electron chi connectivity index (χ4n) is 5.02. The summed E-state index contributed by atoms with van der Waals surface area (Å²) in [5.41, 5.74) is 2.66. The first-order chi connectivity index (χ1) is 19.2. The smallest absolute Gasteiger partial charge is 0.418 e. The average Bonchev–Trinajstić information content (AvgIpc) is 3.66. The first-order valence-corrected chi connectivity index (χ1v) is 13.2. The van der Waals surface area contributed by atoms with Crippen LogP contribution in [0.2, 0.25) is 0 Å². The van der Waals surface area contributed by atoms with Crippen molar-refractivity contribution in [3.63, 3.8) is 0 Å². The van der Waals surface area contributed by atoms with Crippen molar-refractivity contribution in [3.8, 4) is 11.3 Å². The normalized spacial score (nSPS) is 16.0. The lowest BCUT2D eigenvalue weighted by Gasteiger charge is -2.23. The highest BCUT2D eigenvalue weighted by Gasteiger charge is 2.24. The number of carbonyl (C=O) groups is 1. The molecule has 40 heavy (non-hydrogen) atoms. The second-order valence-electron chi connectivity index (χ2n) is 11.0. The van der Waals surface area contributed by atoms with E-state index in [4.69, 9.17) is 9.47 Å². The molecule has 2 aromatic carbocycles. The minimum absolute atomic E-state index is 0.0528. The van der Waals surface area contributed by atoms with Crippen molar-refractivity contribution in [1.82, 2.24) is 29.3 Å². The first kappa shape index (κ1) is 25.7. The highest BCUT2D eigenvalue weighted by Crippen LogP contribution is 2.35. The van der Waals surface area contributed by atoms with Gasteiger partial charge in [-0.25, -0.2) is 14.2 Å². The van der Waals surface area contributed by atoms with Gasteiger partial charge in [-0.3, -0.25) is 14.7 Å². The minimum atomic E-state index is -0.611. The van der Waals surface area contributed by atoms with E-state index in [-0.39, 0.29) is 11.9 Å². The third-order valence-corrected chi connectivity index (χ3v) is 6.85. The van der Waals surface area contributed by atoms with Crippen molar-refractivity contribution in [2.75, 3.05) is 6.61 Å². The van der Waals surface area contributed by atoms with Crippen molar-refractivity contribution in [2.24, 2.45) is 0 Å². The number of ether oxygens (including phenoxy) is 2. The zero-order chi connectivity index (χ0) is 28.0. The highest BCUT2D eigenvalue weighted by molar-refractivity contribution is 5.95. The fourth-order valence-corrected chi connectivity index (χ4v) is 5.02. The van der Waals surface area contributed by atoms with Crippen LogP contribution in [-0.2, 0) is 16.0 Å². The summed E-state index contributed by atoms with van der Waals surface area (Å²) in [5.74, 6) is 0. The van der Waals surface area contributed by atoms with Crippen LogP contribution in [0.15, 0.2) is 55.0 Å². The predicted octanol–water partition coefficient (Wildman–Crippen LogP) is 5.69. The molecule has 206 valence electrons. The van der Waals surface area contributed by atoms with E-state index in [1.807, 2.05) is 45.0 Å². The Morgan fingerprint density at radius 3 is 2.77 bits per heavy atom. The summed E-state index contributed by atoms with van der Waals surface area (Å²) >= 11 is 0. The van der Waals surface area contributed by atoms with Gasteiger partial charge in [-0.2, -0.15) is 5.10 Å². The largest absolute Gasteiger partial charge is 0.443 e. The number of nitrogens with zero attached hydrogens (tertiary/aromatic N) is 7. The Morgan fingerprint density at radius 1 is 1.18 bits per heavy atom. The standard InChI is InChI=1S/C28H29N7O5/c1-28(2,3)40-27(36)33-10-9-19-8-7-18(12-24(19)33)16-32-17-23(30-31-32)21-13-20(35(37)38)14-25-22(21)15-29-34(25)26-6-4-5-11-39-26/h7-10,12-15,17,26H,4-6,11,16H2,1-3H3. The molecular formula is C28H29N7O5. The Hall–Kier alpha value is -4.58.